The number of rotatable bonds is 7. The van der Waals surface area contributed by atoms with Gasteiger partial charge in [-0.25, -0.2) is 0 Å². The lowest BCUT2D eigenvalue weighted by atomic mass is 9.92. The minimum absolute atomic E-state index is 0.0499. The van der Waals surface area contributed by atoms with Crippen LogP contribution in [0.5, 0.6) is 17.2 Å². The fraction of sp³-hybridized carbons (Fsp3) is 0.296. The third kappa shape index (κ3) is 4.94. The van der Waals surface area contributed by atoms with E-state index >= 15 is 0 Å². The fourth-order valence-corrected chi connectivity index (χ4v) is 4.21. The van der Waals surface area contributed by atoms with Crippen molar-refractivity contribution in [2.24, 2.45) is 0 Å². The van der Waals surface area contributed by atoms with Gasteiger partial charge in [-0.3, -0.25) is 4.79 Å². The predicted molar refractivity (Wildman–Crippen MR) is 125 cm³/mol. The Bertz CT molecular complexity index is 1180. The third-order valence-electron chi connectivity index (χ3n) is 5.60. The van der Waals surface area contributed by atoms with Gasteiger partial charge in [0.05, 0.1) is 12.2 Å². The van der Waals surface area contributed by atoms with E-state index in [2.05, 4.69) is 0 Å². The molecule has 0 aromatic heterocycles. The van der Waals surface area contributed by atoms with Crippen LogP contribution in [0, 0.1) is 20.8 Å². The van der Waals surface area contributed by atoms with Crippen LogP contribution in [0.25, 0.3) is 0 Å². The van der Waals surface area contributed by atoms with E-state index in [0.717, 1.165) is 16.7 Å². The van der Waals surface area contributed by atoms with Gasteiger partial charge in [-0.1, -0.05) is 41.5 Å². The van der Waals surface area contributed by atoms with Gasteiger partial charge < -0.3 is 20.1 Å². The molecule has 3 rings (SSSR count). The summed E-state index contributed by atoms with van der Waals surface area (Å²) in [7, 11) is 1.58. The predicted octanol–water partition coefficient (Wildman–Crippen LogP) is 5.26. The van der Waals surface area contributed by atoms with Crippen molar-refractivity contribution in [2.45, 2.75) is 47.1 Å². The molecule has 0 bridgehead atoms. The first-order valence-electron chi connectivity index (χ1n) is 10.6. The van der Waals surface area contributed by atoms with Crippen LogP contribution in [-0.4, -0.2) is 28.2 Å². The van der Waals surface area contributed by atoms with Crippen molar-refractivity contribution >= 4 is 5.78 Å². The summed E-state index contributed by atoms with van der Waals surface area (Å²) in [6, 6.07) is 11.1. The van der Waals surface area contributed by atoms with Gasteiger partial charge in [0.15, 0.2) is 5.78 Å². The summed E-state index contributed by atoms with van der Waals surface area (Å²) < 4.78 is 5.19. The molecule has 0 aliphatic heterocycles. The lowest BCUT2D eigenvalue weighted by Crippen LogP contribution is -2.01. The quantitative estimate of drug-likeness (QED) is 0.442. The summed E-state index contributed by atoms with van der Waals surface area (Å²) in [5, 5.41) is 32.4. The number of methoxy groups -OCH3 is 1. The van der Waals surface area contributed by atoms with Gasteiger partial charge in [-0.2, -0.15) is 0 Å². The first-order valence-corrected chi connectivity index (χ1v) is 10.6. The highest BCUT2D eigenvalue weighted by molar-refractivity contribution is 5.97. The Labute approximate surface area is 188 Å². The number of hydrogen-bond donors (Lipinski definition) is 3. The van der Waals surface area contributed by atoms with Crippen LogP contribution >= 0.6 is 0 Å². The highest BCUT2D eigenvalue weighted by Crippen LogP contribution is 2.35. The van der Waals surface area contributed by atoms with E-state index < -0.39 is 0 Å². The van der Waals surface area contributed by atoms with E-state index in [1.807, 2.05) is 51.1 Å². The average Bonchev–Trinajstić information content (AvgIpc) is 2.71. The molecule has 0 fully saturated rings. The van der Waals surface area contributed by atoms with Gasteiger partial charge in [0.1, 0.15) is 17.2 Å². The number of carbonyl (C=O) groups is 1. The van der Waals surface area contributed by atoms with Crippen molar-refractivity contribution in [3.05, 3.63) is 86.5 Å². The Morgan fingerprint density at radius 2 is 1.06 bits per heavy atom. The van der Waals surface area contributed by atoms with Crippen LogP contribution < -0.4 is 0 Å². The second-order valence-electron chi connectivity index (χ2n) is 8.53. The molecule has 3 N–H and O–H groups in total. The average molecular weight is 435 g/mol. The number of benzene rings is 3. The van der Waals surface area contributed by atoms with Gasteiger partial charge >= 0.3 is 0 Å². The Hall–Kier alpha value is -3.31. The SMILES string of the molecule is COCc1cc(C)cc(Cc2cc(C)cc(Cc3cc(C)cc(C(C)=O)c3O)c2O)c1O. The van der Waals surface area contributed by atoms with E-state index in [0.29, 0.717) is 40.8 Å². The Balaban J connectivity index is 2.02. The molecule has 0 aliphatic carbocycles. The van der Waals surface area contributed by atoms with Gasteiger partial charge in [0, 0.05) is 25.5 Å². The summed E-state index contributed by atoms with van der Waals surface area (Å²) in [5.41, 5.74) is 6.44. The number of Topliss-reactive ketones (excluding diaryl/α,β-unsaturated/α-hetero) is 1. The van der Waals surface area contributed by atoms with Crippen LogP contribution in [0.4, 0.5) is 0 Å². The maximum Gasteiger partial charge on any atom is 0.163 e. The number of ketones is 1. The standard InChI is InChI=1S/C27H30O5/c1-15-6-19(12-21-8-16(2)10-23(14-32-5)26(21)30)25(29)20(7-15)13-22-9-17(3)11-24(18(4)28)27(22)31/h6-11,29-31H,12-14H2,1-5H3. The summed E-state index contributed by atoms with van der Waals surface area (Å²) in [4.78, 5) is 11.9. The van der Waals surface area contributed by atoms with Crippen molar-refractivity contribution in [2.75, 3.05) is 7.11 Å². The number of phenols is 3. The normalized spacial score (nSPS) is 11.0. The number of aromatic hydroxyl groups is 3. The molecule has 0 radical (unpaired) electrons. The molecule has 168 valence electrons. The van der Waals surface area contributed by atoms with Crippen molar-refractivity contribution in [1.82, 2.24) is 0 Å². The van der Waals surface area contributed by atoms with E-state index in [-0.39, 0.29) is 35.0 Å². The molecule has 0 saturated carbocycles. The largest absolute Gasteiger partial charge is 0.507 e. The third-order valence-corrected chi connectivity index (χ3v) is 5.60. The molecule has 0 atom stereocenters. The first kappa shape index (κ1) is 23.4. The second kappa shape index (κ2) is 9.45. The van der Waals surface area contributed by atoms with E-state index in [9.17, 15) is 20.1 Å². The second-order valence-corrected chi connectivity index (χ2v) is 8.53. The molecule has 0 unspecified atom stereocenters. The Kier molecular flexibility index (Phi) is 6.90. The van der Waals surface area contributed by atoms with E-state index in [1.54, 1.807) is 13.2 Å². The molecular weight excluding hydrogens is 404 g/mol. The summed E-state index contributed by atoms with van der Waals surface area (Å²) in [6.45, 7) is 7.49. The molecule has 0 spiro atoms. The molecule has 0 amide bonds. The zero-order valence-electron chi connectivity index (χ0n) is 19.2. The van der Waals surface area contributed by atoms with Gasteiger partial charge in [0.2, 0.25) is 0 Å². The molecule has 5 heteroatoms. The Morgan fingerprint density at radius 3 is 1.50 bits per heavy atom. The minimum atomic E-state index is -0.205. The molecular formula is C27H30O5. The number of aryl methyl sites for hydroxylation is 3. The van der Waals surface area contributed by atoms with Gasteiger partial charge in [-0.15, -0.1) is 0 Å². The monoisotopic (exact) mass is 434 g/mol. The lowest BCUT2D eigenvalue weighted by molar-refractivity contribution is 0.101. The molecule has 0 saturated heterocycles. The molecule has 3 aromatic carbocycles. The summed E-state index contributed by atoms with van der Waals surface area (Å²) in [6.07, 6.45) is 0.631. The van der Waals surface area contributed by atoms with E-state index in [4.69, 9.17) is 4.74 Å². The zero-order chi connectivity index (χ0) is 23.6. The molecule has 0 aliphatic rings. The van der Waals surface area contributed by atoms with Crippen LogP contribution in [-0.2, 0) is 24.2 Å². The van der Waals surface area contributed by atoms with Crippen molar-refractivity contribution in [3.63, 3.8) is 0 Å². The van der Waals surface area contributed by atoms with Gasteiger partial charge in [-0.05, 0) is 61.6 Å². The minimum Gasteiger partial charge on any atom is -0.507 e. The molecule has 3 aromatic rings. The van der Waals surface area contributed by atoms with Gasteiger partial charge in [0.25, 0.3) is 0 Å². The maximum absolute atomic E-state index is 11.9. The number of phenolic OH excluding ortho intramolecular Hbond substituents is 3. The van der Waals surface area contributed by atoms with Crippen LogP contribution in [0.1, 0.15) is 61.8 Å². The summed E-state index contributed by atoms with van der Waals surface area (Å²) >= 11 is 0. The molecule has 5 nitrogen and oxygen atoms in total. The lowest BCUT2D eigenvalue weighted by Gasteiger charge is -2.16. The number of ether oxygens (including phenoxy) is 1. The first-order chi connectivity index (χ1) is 15.1. The van der Waals surface area contributed by atoms with Crippen LogP contribution in [0.15, 0.2) is 36.4 Å². The maximum atomic E-state index is 11.9. The van der Waals surface area contributed by atoms with Crippen LogP contribution in [0.3, 0.4) is 0 Å². The van der Waals surface area contributed by atoms with Crippen LogP contribution in [0.2, 0.25) is 0 Å². The number of carbonyl (C=O) groups excluding carboxylic acids is 1. The van der Waals surface area contributed by atoms with E-state index in [1.165, 1.54) is 6.92 Å². The number of hydrogen-bond acceptors (Lipinski definition) is 5. The molecule has 0 heterocycles. The van der Waals surface area contributed by atoms with Crippen molar-refractivity contribution < 1.29 is 24.9 Å². The zero-order valence-corrected chi connectivity index (χ0v) is 19.2. The highest BCUT2D eigenvalue weighted by Gasteiger charge is 2.17. The smallest absolute Gasteiger partial charge is 0.163 e. The molecule has 32 heavy (non-hydrogen) atoms. The topological polar surface area (TPSA) is 87.0 Å². The summed E-state index contributed by atoms with van der Waals surface area (Å²) in [5.74, 6) is 0.0342. The van der Waals surface area contributed by atoms with Crippen molar-refractivity contribution in [1.29, 1.82) is 0 Å². The Morgan fingerprint density at radius 1 is 0.688 bits per heavy atom. The van der Waals surface area contributed by atoms with Crippen molar-refractivity contribution in [3.8, 4) is 17.2 Å². The highest BCUT2D eigenvalue weighted by atomic mass is 16.5. The fourth-order valence-electron chi connectivity index (χ4n) is 4.21.